The van der Waals surface area contributed by atoms with E-state index in [1.807, 2.05) is 14.0 Å². The lowest BCUT2D eigenvalue weighted by atomic mass is 10.2. The van der Waals surface area contributed by atoms with Crippen LogP contribution in [0.5, 0.6) is 0 Å². The molecule has 0 fully saturated rings. The van der Waals surface area contributed by atoms with Gasteiger partial charge in [-0.05, 0) is 51.4 Å². The summed E-state index contributed by atoms with van der Waals surface area (Å²) >= 11 is 0. The molecule has 0 amide bonds. The van der Waals surface area contributed by atoms with Gasteiger partial charge in [-0.25, -0.2) is 4.99 Å². The second-order valence-corrected chi connectivity index (χ2v) is 5.65. The summed E-state index contributed by atoms with van der Waals surface area (Å²) < 4.78 is 38.5. The Morgan fingerprint density at radius 1 is 1.33 bits per heavy atom. The Balaban J connectivity index is 3.05. The van der Waals surface area contributed by atoms with Gasteiger partial charge in [0, 0.05) is 24.9 Å². The minimum Gasteiger partial charge on any atom is -0.360 e. The van der Waals surface area contributed by atoms with E-state index in [9.17, 15) is 13.2 Å². The van der Waals surface area contributed by atoms with Gasteiger partial charge in [-0.15, -0.1) is 0 Å². The summed E-state index contributed by atoms with van der Waals surface area (Å²) in [6.45, 7) is 6.92. The molecule has 4 nitrogen and oxygen atoms in total. The van der Waals surface area contributed by atoms with Crippen molar-refractivity contribution in [3.05, 3.63) is 41.6 Å². The van der Waals surface area contributed by atoms with Crippen LogP contribution in [0.15, 0.2) is 46.0 Å². The Labute approximate surface area is 158 Å². The van der Waals surface area contributed by atoms with E-state index in [2.05, 4.69) is 39.2 Å². The summed E-state index contributed by atoms with van der Waals surface area (Å²) in [5, 5.41) is 5.90. The molecule has 0 unspecified atom stereocenters. The normalized spacial score (nSPS) is 12.3. The quantitative estimate of drug-likeness (QED) is 0.303. The van der Waals surface area contributed by atoms with Gasteiger partial charge in [0.2, 0.25) is 0 Å². The second-order valence-electron chi connectivity index (χ2n) is 5.65. The largest absolute Gasteiger partial charge is 0.416 e. The average molecular weight is 378 g/mol. The van der Waals surface area contributed by atoms with Crippen LogP contribution in [0.25, 0.3) is 0 Å². The third kappa shape index (κ3) is 8.56. The maximum Gasteiger partial charge on any atom is 0.416 e. The first-order valence-electron chi connectivity index (χ1n) is 8.71. The molecule has 1 rings (SSSR count). The van der Waals surface area contributed by atoms with Crippen LogP contribution < -0.4 is 10.6 Å². The number of aliphatic imine (C=N–C) groups is 2. The van der Waals surface area contributed by atoms with Crippen molar-refractivity contribution in [2.24, 2.45) is 9.98 Å². The van der Waals surface area contributed by atoms with Gasteiger partial charge in [0.15, 0.2) is 5.84 Å². The predicted octanol–water partition coefficient (Wildman–Crippen LogP) is 4.51. The Morgan fingerprint density at radius 2 is 2.11 bits per heavy atom. The molecular formula is C20H25F3N4. The SMILES string of the molecule is C=NC(=NCCC)C(C#CCCCNC)=CNc1cccc(C(F)(F)F)c1. The number of hydrogen-bond acceptors (Lipinski definition) is 3. The van der Waals surface area contributed by atoms with Crippen LogP contribution >= 0.6 is 0 Å². The molecule has 1 aromatic carbocycles. The number of anilines is 1. The zero-order valence-electron chi connectivity index (χ0n) is 15.7. The molecule has 0 spiro atoms. The molecule has 27 heavy (non-hydrogen) atoms. The Bertz CT molecular complexity index is 725. The van der Waals surface area contributed by atoms with Crippen molar-refractivity contribution < 1.29 is 13.2 Å². The molecule has 0 aliphatic rings. The zero-order valence-corrected chi connectivity index (χ0v) is 15.7. The van der Waals surface area contributed by atoms with Crippen molar-refractivity contribution in [3.63, 3.8) is 0 Å². The molecule has 0 aromatic heterocycles. The molecule has 0 saturated heterocycles. The van der Waals surface area contributed by atoms with Crippen molar-refractivity contribution in [2.45, 2.75) is 32.4 Å². The average Bonchev–Trinajstić information content (AvgIpc) is 2.65. The topological polar surface area (TPSA) is 48.8 Å². The fraction of sp³-hybridized carbons (Fsp3) is 0.400. The monoisotopic (exact) mass is 378 g/mol. The van der Waals surface area contributed by atoms with Crippen molar-refractivity contribution in [2.75, 3.05) is 25.5 Å². The predicted molar refractivity (Wildman–Crippen MR) is 106 cm³/mol. The highest BCUT2D eigenvalue weighted by atomic mass is 19.4. The van der Waals surface area contributed by atoms with E-state index in [1.54, 1.807) is 6.07 Å². The van der Waals surface area contributed by atoms with Gasteiger partial charge in [0.05, 0.1) is 11.1 Å². The van der Waals surface area contributed by atoms with Crippen molar-refractivity contribution in [1.29, 1.82) is 0 Å². The van der Waals surface area contributed by atoms with Crippen molar-refractivity contribution >= 4 is 18.2 Å². The Morgan fingerprint density at radius 3 is 2.74 bits per heavy atom. The van der Waals surface area contributed by atoms with Gasteiger partial charge in [-0.1, -0.05) is 24.8 Å². The van der Waals surface area contributed by atoms with E-state index < -0.39 is 11.7 Å². The van der Waals surface area contributed by atoms with E-state index in [-0.39, 0.29) is 0 Å². The summed E-state index contributed by atoms with van der Waals surface area (Å²) in [5.41, 5.74) is 0.0702. The van der Waals surface area contributed by atoms with Gasteiger partial charge in [-0.2, -0.15) is 13.2 Å². The lowest BCUT2D eigenvalue weighted by Gasteiger charge is -2.09. The molecule has 0 saturated carbocycles. The van der Waals surface area contributed by atoms with Gasteiger partial charge in [-0.3, -0.25) is 4.99 Å². The molecule has 146 valence electrons. The number of amidine groups is 1. The van der Waals surface area contributed by atoms with E-state index >= 15 is 0 Å². The van der Waals surface area contributed by atoms with Crippen molar-refractivity contribution in [3.8, 4) is 11.8 Å². The first kappa shape index (κ1) is 22.5. The van der Waals surface area contributed by atoms with Crippen LogP contribution in [0.2, 0.25) is 0 Å². The molecule has 0 aliphatic heterocycles. The van der Waals surface area contributed by atoms with E-state index in [0.29, 0.717) is 30.1 Å². The summed E-state index contributed by atoms with van der Waals surface area (Å²) in [4.78, 5) is 8.24. The summed E-state index contributed by atoms with van der Waals surface area (Å²) in [5.74, 6) is 6.40. The lowest BCUT2D eigenvalue weighted by molar-refractivity contribution is -0.137. The van der Waals surface area contributed by atoms with Gasteiger partial charge in [0.25, 0.3) is 0 Å². The fourth-order valence-electron chi connectivity index (χ4n) is 2.05. The fourth-order valence-corrected chi connectivity index (χ4v) is 2.05. The first-order valence-corrected chi connectivity index (χ1v) is 8.71. The van der Waals surface area contributed by atoms with Gasteiger partial charge >= 0.3 is 6.18 Å². The smallest absolute Gasteiger partial charge is 0.360 e. The molecular weight excluding hydrogens is 353 g/mol. The van der Waals surface area contributed by atoms with Crippen LogP contribution in [-0.4, -0.2) is 32.7 Å². The number of halogens is 3. The number of nitrogens with one attached hydrogen (secondary N) is 2. The number of rotatable bonds is 8. The number of hydrogen-bond donors (Lipinski definition) is 2. The minimum atomic E-state index is -4.40. The highest BCUT2D eigenvalue weighted by Crippen LogP contribution is 2.30. The molecule has 7 heteroatoms. The van der Waals surface area contributed by atoms with Gasteiger partial charge in [0.1, 0.15) is 0 Å². The second kappa shape index (κ2) is 11.9. The Hall–Kier alpha value is -2.59. The lowest BCUT2D eigenvalue weighted by Crippen LogP contribution is -2.07. The molecule has 0 bridgehead atoms. The maximum absolute atomic E-state index is 12.8. The molecule has 2 N–H and O–H groups in total. The molecule has 0 aliphatic carbocycles. The van der Waals surface area contributed by atoms with Crippen LogP contribution in [-0.2, 0) is 6.18 Å². The van der Waals surface area contributed by atoms with E-state index in [1.165, 1.54) is 12.3 Å². The molecule has 1 aromatic rings. The van der Waals surface area contributed by atoms with E-state index in [0.717, 1.165) is 31.5 Å². The standard InChI is InChI=1S/C20H25F3N4/c1-4-12-26-19(25-3)16(9-6-5-7-13-24-2)15-27-18-11-8-10-17(14-18)20(21,22)23/h8,10-11,14-15,24,27H,3-5,7,12-13H2,1-2H3. The summed E-state index contributed by atoms with van der Waals surface area (Å²) in [6.07, 6.45) is -0.471. The van der Waals surface area contributed by atoms with Gasteiger partial charge < -0.3 is 10.6 Å². The van der Waals surface area contributed by atoms with Crippen LogP contribution in [0, 0.1) is 11.8 Å². The molecule has 0 atom stereocenters. The van der Waals surface area contributed by atoms with Crippen molar-refractivity contribution in [1.82, 2.24) is 5.32 Å². The first-order chi connectivity index (χ1) is 12.9. The number of benzene rings is 1. The van der Waals surface area contributed by atoms with Crippen LogP contribution in [0.1, 0.15) is 31.7 Å². The molecule has 0 radical (unpaired) electrons. The highest BCUT2D eigenvalue weighted by Gasteiger charge is 2.30. The minimum absolute atomic E-state index is 0.304. The number of nitrogens with zero attached hydrogens (tertiary/aromatic N) is 2. The van der Waals surface area contributed by atoms with E-state index in [4.69, 9.17) is 0 Å². The highest BCUT2D eigenvalue weighted by molar-refractivity contribution is 6.04. The summed E-state index contributed by atoms with van der Waals surface area (Å²) in [6, 6.07) is 4.96. The Kier molecular flexibility index (Phi) is 9.91. The van der Waals surface area contributed by atoms with Crippen LogP contribution in [0.3, 0.4) is 0 Å². The third-order valence-corrected chi connectivity index (χ3v) is 3.40. The third-order valence-electron chi connectivity index (χ3n) is 3.40. The number of unbranched alkanes of at least 4 members (excludes halogenated alkanes) is 1. The maximum atomic E-state index is 12.8. The number of alkyl halides is 3. The summed E-state index contributed by atoms with van der Waals surface area (Å²) in [7, 11) is 1.87. The zero-order chi connectivity index (χ0) is 20.1. The molecule has 0 heterocycles. The van der Waals surface area contributed by atoms with Crippen LogP contribution in [0.4, 0.5) is 18.9 Å².